The Kier molecular flexibility index (Phi) is 5.53. The van der Waals surface area contributed by atoms with Gasteiger partial charge in [-0.2, -0.15) is 0 Å². The Labute approximate surface area is 86.1 Å². The number of quaternary nitrogens is 1. The molecule has 1 heterocycles. The van der Waals surface area contributed by atoms with Crippen molar-refractivity contribution in [3.63, 3.8) is 0 Å². The molecule has 1 aliphatic heterocycles. The molecule has 4 nitrogen and oxygen atoms in total. The Bertz CT molecular complexity index is 170. The van der Waals surface area contributed by atoms with Gasteiger partial charge in [-0.05, 0) is 18.8 Å². The Morgan fingerprint density at radius 1 is 1.36 bits per heavy atom. The van der Waals surface area contributed by atoms with Gasteiger partial charge < -0.3 is 19.1 Å². The van der Waals surface area contributed by atoms with Crippen LogP contribution in [0.1, 0.15) is 19.8 Å². The van der Waals surface area contributed by atoms with Gasteiger partial charge in [0, 0.05) is 7.11 Å². The van der Waals surface area contributed by atoms with E-state index < -0.39 is 6.16 Å². The van der Waals surface area contributed by atoms with E-state index in [4.69, 9.17) is 9.90 Å². The molecule has 1 saturated heterocycles. The number of likely N-dealkylation sites (tertiary alicyclic amines) is 1. The Morgan fingerprint density at radius 2 is 1.71 bits per heavy atom. The molecule has 1 rings (SSSR count). The van der Waals surface area contributed by atoms with Gasteiger partial charge in [0.25, 0.3) is 6.16 Å². The van der Waals surface area contributed by atoms with E-state index in [1.54, 1.807) is 0 Å². The van der Waals surface area contributed by atoms with Crippen molar-refractivity contribution < 1.29 is 19.1 Å². The highest BCUT2D eigenvalue weighted by molar-refractivity contribution is 5.53. The van der Waals surface area contributed by atoms with Gasteiger partial charge in [0.1, 0.15) is 0 Å². The lowest BCUT2D eigenvalue weighted by Gasteiger charge is -2.35. The highest BCUT2D eigenvalue weighted by Crippen LogP contribution is 2.18. The van der Waals surface area contributed by atoms with Crippen molar-refractivity contribution in [2.75, 3.05) is 34.3 Å². The zero-order valence-corrected chi connectivity index (χ0v) is 9.58. The van der Waals surface area contributed by atoms with Crippen molar-refractivity contribution in [2.24, 2.45) is 5.92 Å². The largest absolute Gasteiger partial charge is 0.553 e. The summed E-state index contributed by atoms with van der Waals surface area (Å²) < 4.78 is 4.80. The van der Waals surface area contributed by atoms with Crippen LogP contribution in [0.5, 0.6) is 0 Å². The molecule has 0 unspecified atom stereocenters. The third-order valence-corrected chi connectivity index (χ3v) is 2.62. The van der Waals surface area contributed by atoms with Gasteiger partial charge in [-0.1, -0.05) is 6.92 Å². The average molecular weight is 203 g/mol. The Hall–Kier alpha value is -0.770. The molecule has 0 aromatic carbocycles. The number of piperidine rings is 1. The van der Waals surface area contributed by atoms with Crippen LogP contribution in [-0.2, 0) is 4.74 Å². The fourth-order valence-corrected chi connectivity index (χ4v) is 1.40. The maximum Gasteiger partial charge on any atom is 0.251 e. The summed E-state index contributed by atoms with van der Waals surface area (Å²) in [7, 11) is 5.69. The fraction of sp³-hybridized carbons (Fsp3) is 0.900. The number of nitrogens with zero attached hydrogens (tertiary/aromatic N) is 1. The quantitative estimate of drug-likeness (QED) is 0.425. The minimum absolute atomic E-state index is 0.983. The molecule has 0 spiro atoms. The average Bonchev–Trinajstić information content (AvgIpc) is 2.11. The van der Waals surface area contributed by atoms with Gasteiger partial charge in [-0.15, -0.1) is 0 Å². The third-order valence-electron chi connectivity index (χ3n) is 2.62. The maximum atomic E-state index is 9.03. The normalized spacial score (nSPS) is 20.6. The van der Waals surface area contributed by atoms with E-state index in [1.807, 2.05) is 0 Å². The van der Waals surface area contributed by atoms with E-state index in [9.17, 15) is 0 Å². The second-order valence-corrected chi connectivity index (χ2v) is 4.52. The molecule has 14 heavy (non-hydrogen) atoms. The first kappa shape index (κ1) is 13.2. The van der Waals surface area contributed by atoms with Crippen molar-refractivity contribution in [1.29, 1.82) is 0 Å². The minimum Gasteiger partial charge on any atom is -0.553 e. The van der Waals surface area contributed by atoms with Crippen LogP contribution in [0.2, 0.25) is 0 Å². The third kappa shape index (κ3) is 6.71. The molecule has 0 aromatic heterocycles. The Morgan fingerprint density at radius 3 is 1.93 bits per heavy atom. The molecule has 0 amide bonds. The minimum atomic E-state index is -1.50. The number of hydrogen-bond acceptors (Lipinski definition) is 3. The summed E-state index contributed by atoms with van der Waals surface area (Å²) in [6.07, 6.45) is 1.35. The van der Waals surface area contributed by atoms with Crippen molar-refractivity contribution >= 4 is 6.16 Å². The van der Waals surface area contributed by atoms with Gasteiger partial charge in [0.2, 0.25) is 0 Å². The molecule has 0 atom stereocenters. The monoisotopic (exact) mass is 203 g/mol. The molecule has 0 N–H and O–H groups in total. The van der Waals surface area contributed by atoms with Crippen LogP contribution >= 0.6 is 0 Å². The van der Waals surface area contributed by atoms with Crippen LogP contribution in [-0.4, -0.2) is 44.9 Å². The van der Waals surface area contributed by atoms with Crippen LogP contribution in [0.4, 0.5) is 4.79 Å². The van der Waals surface area contributed by atoms with Gasteiger partial charge >= 0.3 is 0 Å². The number of rotatable bonds is 0. The van der Waals surface area contributed by atoms with Crippen LogP contribution < -0.4 is 5.11 Å². The zero-order chi connectivity index (χ0) is 11.2. The first-order chi connectivity index (χ1) is 6.37. The summed E-state index contributed by atoms with van der Waals surface area (Å²) in [5, 5.41) is 9.03. The predicted molar refractivity (Wildman–Crippen MR) is 52.6 cm³/mol. The van der Waals surface area contributed by atoms with E-state index >= 15 is 0 Å². The number of carbonyl (C=O) groups excluding carboxylic acids is 1. The van der Waals surface area contributed by atoms with Gasteiger partial charge in [0.15, 0.2) is 0 Å². The second-order valence-electron chi connectivity index (χ2n) is 4.52. The summed E-state index contributed by atoms with van der Waals surface area (Å²) in [4.78, 5) is 9.03. The van der Waals surface area contributed by atoms with E-state index in [0.717, 1.165) is 13.0 Å². The molecule has 0 bridgehead atoms. The van der Waals surface area contributed by atoms with Crippen LogP contribution in [0.25, 0.3) is 0 Å². The van der Waals surface area contributed by atoms with E-state index in [-0.39, 0.29) is 0 Å². The number of carbonyl (C=O) groups is 1. The highest BCUT2D eigenvalue weighted by atomic mass is 16.6. The lowest BCUT2D eigenvalue weighted by Crippen LogP contribution is -2.45. The first-order valence-corrected chi connectivity index (χ1v) is 4.94. The van der Waals surface area contributed by atoms with Gasteiger partial charge in [0.05, 0.1) is 27.2 Å². The number of ether oxygens (including phenoxy) is 1. The lowest BCUT2D eigenvalue weighted by atomic mass is 9.98. The molecule has 1 fully saturated rings. The molecule has 0 radical (unpaired) electrons. The van der Waals surface area contributed by atoms with Crippen molar-refractivity contribution in [3.05, 3.63) is 0 Å². The topological polar surface area (TPSA) is 49.4 Å². The standard InChI is InChI=1S/C8H18N.C2H4O3/c1-8-4-6-9(2,3)7-5-8;1-5-2(3)4/h8H,4-7H2,1-3H3;1H3,(H,3,4)/q+1;/p-1. The van der Waals surface area contributed by atoms with Crippen molar-refractivity contribution in [2.45, 2.75) is 19.8 Å². The summed E-state index contributed by atoms with van der Waals surface area (Å²) in [6.45, 7) is 5.11. The zero-order valence-electron chi connectivity index (χ0n) is 9.58. The fourth-order valence-electron chi connectivity index (χ4n) is 1.40. The summed E-state index contributed by atoms with van der Waals surface area (Å²) in [5.41, 5.74) is 0. The van der Waals surface area contributed by atoms with E-state index in [2.05, 4.69) is 25.8 Å². The number of methoxy groups -OCH3 is 1. The molecular weight excluding hydrogens is 182 g/mol. The molecule has 1 aliphatic rings. The molecule has 0 saturated carbocycles. The van der Waals surface area contributed by atoms with Crippen LogP contribution in [0.15, 0.2) is 0 Å². The number of hydrogen-bond donors (Lipinski definition) is 0. The second kappa shape index (κ2) is 5.86. The van der Waals surface area contributed by atoms with Crippen LogP contribution in [0.3, 0.4) is 0 Å². The van der Waals surface area contributed by atoms with Crippen molar-refractivity contribution in [3.8, 4) is 0 Å². The van der Waals surface area contributed by atoms with Crippen molar-refractivity contribution in [1.82, 2.24) is 0 Å². The smallest absolute Gasteiger partial charge is 0.251 e. The van der Waals surface area contributed by atoms with Gasteiger partial charge in [-0.25, -0.2) is 0 Å². The first-order valence-electron chi connectivity index (χ1n) is 4.94. The lowest BCUT2D eigenvalue weighted by molar-refractivity contribution is -0.896. The summed E-state index contributed by atoms with van der Waals surface area (Å²) in [6, 6.07) is 0. The molecule has 4 heteroatoms. The molecule has 0 aromatic rings. The molecule has 84 valence electrons. The molecule has 0 aliphatic carbocycles. The van der Waals surface area contributed by atoms with E-state index in [1.165, 1.54) is 30.4 Å². The highest BCUT2D eigenvalue weighted by Gasteiger charge is 2.22. The Balaban J connectivity index is 0.000000292. The number of carboxylic acid groups (broad SMARTS) is 1. The summed E-state index contributed by atoms with van der Waals surface area (Å²) >= 11 is 0. The van der Waals surface area contributed by atoms with E-state index in [0.29, 0.717) is 0 Å². The predicted octanol–water partition coefficient (Wildman–Crippen LogP) is 0.469. The maximum absolute atomic E-state index is 9.03. The molecular formula is C10H21NO3. The SMILES string of the molecule is CC1CC[N+](C)(C)CC1.COC(=O)[O-]. The van der Waals surface area contributed by atoms with Gasteiger partial charge in [-0.3, -0.25) is 0 Å². The van der Waals surface area contributed by atoms with Crippen LogP contribution in [0, 0.1) is 5.92 Å². The summed E-state index contributed by atoms with van der Waals surface area (Å²) in [5.74, 6) is 0.983.